The molecule has 1 saturated carbocycles. The van der Waals surface area contributed by atoms with Crippen LogP contribution in [0.5, 0.6) is 23.0 Å². The monoisotopic (exact) mass is 1670 g/mol. The van der Waals surface area contributed by atoms with Gasteiger partial charge in [-0.15, -0.1) is 0 Å². The maximum absolute atomic E-state index is 5.90. The van der Waals surface area contributed by atoms with Crippen LogP contribution in [0.2, 0.25) is 0 Å². The van der Waals surface area contributed by atoms with Gasteiger partial charge < -0.3 is 47.7 Å². The Balaban J connectivity index is 0.752. The molecule has 5 aliphatic carbocycles. The third-order valence-corrected chi connectivity index (χ3v) is 30.0. The minimum atomic E-state index is -0.235. The Morgan fingerprint density at radius 2 is 0.383 bits per heavy atom. The van der Waals surface area contributed by atoms with Gasteiger partial charge in [0, 0.05) is 134 Å². The largest absolute Gasteiger partial charge is 0.497 e. The van der Waals surface area contributed by atoms with Gasteiger partial charge in [-0.1, -0.05) is 191 Å². The predicted molar refractivity (Wildman–Crippen MR) is 530 cm³/mol. The minimum Gasteiger partial charge on any atom is -0.497 e. The smallest absolute Gasteiger partial charge is 0.119 e. The molecule has 0 bridgehead atoms. The first kappa shape index (κ1) is 78.3. The Kier molecular flexibility index (Phi) is 17.8. The van der Waals surface area contributed by atoms with Crippen molar-refractivity contribution >= 4 is 112 Å². The van der Waals surface area contributed by atoms with Crippen LogP contribution in [0.25, 0.3) is 88.1 Å². The minimum absolute atomic E-state index is 0.0410. The molecular weight excluding hydrogens is 1570 g/mol. The molecule has 0 radical (unpaired) electrons. The predicted octanol–water partition coefficient (Wildman–Crippen LogP) is 31.1. The fourth-order valence-corrected chi connectivity index (χ4v) is 23.2. The van der Waals surface area contributed by atoms with Crippen molar-refractivity contribution in [3.05, 3.63) is 384 Å². The Morgan fingerprint density at radius 3 is 0.594 bits per heavy atom. The molecule has 2 aromatic heterocycles. The molecule has 4 atom stereocenters. The summed E-state index contributed by atoms with van der Waals surface area (Å²) in [6.45, 7) is 24.0. The number of ether oxygens (including phenoxy) is 4. The number of fused-ring (bicyclic) bond motifs is 18. The van der Waals surface area contributed by atoms with E-state index in [9.17, 15) is 0 Å². The third kappa shape index (κ3) is 11.7. The molecule has 23 rings (SSSR count). The highest BCUT2D eigenvalue weighted by Gasteiger charge is 2.50. The van der Waals surface area contributed by atoms with Crippen LogP contribution >= 0.6 is 0 Å². The number of anilines is 12. The summed E-state index contributed by atoms with van der Waals surface area (Å²) in [6, 6.07) is 128. The van der Waals surface area contributed by atoms with Gasteiger partial charge in [0.25, 0.3) is 0 Å². The lowest BCUT2D eigenvalue weighted by Crippen LogP contribution is -2.46. The topological polar surface area (TPSA) is 59.7 Å². The molecule has 128 heavy (non-hydrogen) atoms. The Morgan fingerprint density at radius 1 is 0.203 bits per heavy atom. The van der Waals surface area contributed by atoms with Crippen LogP contribution in [0, 0.1) is 11.8 Å². The Hall–Kier alpha value is -14.5. The zero-order valence-corrected chi connectivity index (χ0v) is 75.0. The molecule has 1 fully saturated rings. The van der Waals surface area contributed by atoms with Gasteiger partial charge in [-0.05, 0) is 319 Å². The summed E-state index contributed by atoms with van der Waals surface area (Å²) < 4.78 is 29.1. The van der Waals surface area contributed by atoms with Gasteiger partial charge in [-0.25, -0.2) is 0 Å². The second-order valence-corrected chi connectivity index (χ2v) is 38.0. The summed E-state index contributed by atoms with van der Waals surface area (Å²) in [5, 5.41) is 4.63. The second kappa shape index (κ2) is 29.0. The van der Waals surface area contributed by atoms with Crippen LogP contribution in [-0.2, 0) is 21.7 Å². The van der Waals surface area contributed by atoms with Gasteiger partial charge in [0.05, 0.1) is 40.5 Å². The molecule has 0 saturated heterocycles. The van der Waals surface area contributed by atoms with E-state index in [0.717, 1.165) is 113 Å². The van der Waals surface area contributed by atoms with Crippen LogP contribution in [0.1, 0.15) is 126 Å². The highest BCUT2D eigenvalue weighted by molar-refractivity contribution is 6.13. The number of hydrogen-bond acceptors (Lipinski definition) is 8. The van der Waals surface area contributed by atoms with E-state index in [4.69, 9.17) is 18.9 Å². The van der Waals surface area contributed by atoms with Crippen molar-refractivity contribution < 1.29 is 18.9 Å². The number of nitrogens with zero attached hydrogens (tertiary/aromatic N) is 6. The average molecular weight is 1670 g/mol. The summed E-state index contributed by atoms with van der Waals surface area (Å²) in [5.41, 5.74) is 37.2. The van der Waals surface area contributed by atoms with E-state index in [0.29, 0.717) is 0 Å². The molecule has 0 N–H and O–H groups in total. The van der Waals surface area contributed by atoms with E-state index in [1.807, 2.05) is 0 Å². The van der Waals surface area contributed by atoms with Gasteiger partial charge in [0.1, 0.15) is 23.0 Å². The normalized spacial score (nSPS) is 16.9. The SMILES string of the molecule is COc1ccc(N(c2ccc3c(c2)C(C)(C)c2ccccc2-3)c2ccc3c(c2)c2cc(N(c4ccc(OC)cc4)c4ccc5c(c4)C(C)(C)c4ccccc4-5)ccc2n3C2C(C)C(C)C2n2c3ccc(N(c4ccc(OC)cc4)c4ccc5c(c4)C(C)(C)c4ccccc4-5)cc3c3cc(N(c4ccc(OC)cc4)c4ccc5c(c4)C(C)(C)c4ccccc4-5)ccc32)cc1. The van der Waals surface area contributed by atoms with Crippen molar-refractivity contribution in [2.24, 2.45) is 11.8 Å². The zero-order valence-electron chi connectivity index (χ0n) is 75.0. The zero-order chi connectivity index (χ0) is 87.3. The number of benzene rings is 16. The highest BCUT2D eigenvalue weighted by Crippen LogP contribution is 2.61. The summed E-state index contributed by atoms with van der Waals surface area (Å²) in [5.74, 6) is 3.63. The van der Waals surface area contributed by atoms with Crippen LogP contribution in [0.15, 0.2) is 340 Å². The van der Waals surface area contributed by atoms with Gasteiger partial charge in [-0.3, -0.25) is 0 Å². The summed E-state index contributed by atoms with van der Waals surface area (Å²) in [4.78, 5) is 9.82. The maximum Gasteiger partial charge on any atom is 0.119 e. The first-order chi connectivity index (χ1) is 62.1. The van der Waals surface area contributed by atoms with Crippen molar-refractivity contribution in [2.45, 2.75) is 103 Å². The number of aromatic nitrogens is 2. The van der Waals surface area contributed by atoms with Crippen molar-refractivity contribution in [1.29, 1.82) is 0 Å². The van der Waals surface area contributed by atoms with Gasteiger partial charge in [-0.2, -0.15) is 0 Å². The average Bonchev–Trinajstić information content (AvgIpc) is 1.52. The number of rotatable bonds is 18. The van der Waals surface area contributed by atoms with Gasteiger partial charge in [0.2, 0.25) is 0 Å². The number of methoxy groups -OCH3 is 4. The Labute approximate surface area is 749 Å². The lowest BCUT2D eigenvalue weighted by Gasteiger charge is -2.51. The third-order valence-electron chi connectivity index (χ3n) is 30.0. The first-order valence-corrected chi connectivity index (χ1v) is 45.0. The molecule has 10 nitrogen and oxygen atoms in total. The van der Waals surface area contributed by atoms with Crippen molar-refractivity contribution in [1.82, 2.24) is 9.13 Å². The van der Waals surface area contributed by atoms with E-state index in [-0.39, 0.29) is 45.6 Å². The highest BCUT2D eigenvalue weighted by atomic mass is 16.5. The first-order valence-electron chi connectivity index (χ1n) is 45.0. The lowest BCUT2D eigenvalue weighted by molar-refractivity contribution is 0.0338. The van der Waals surface area contributed by atoms with Gasteiger partial charge >= 0.3 is 0 Å². The van der Waals surface area contributed by atoms with Crippen molar-refractivity contribution in [2.75, 3.05) is 48.0 Å². The maximum atomic E-state index is 5.90. The van der Waals surface area contributed by atoms with Crippen LogP contribution < -0.4 is 38.5 Å². The summed E-state index contributed by atoms with van der Waals surface area (Å²) in [7, 11) is 6.98. The molecule has 0 spiro atoms. The Bertz CT molecular complexity index is 6700. The molecule has 16 aromatic carbocycles. The molecule has 2 heterocycles. The molecule has 0 amide bonds. The van der Waals surface area contributed by atoms with E-state index in [1.165, 1.54) is 111 Å². The molecule has 18 aromatic rings. The van der Waals surface area contributed by atoms with Crippen LogP contribution in [0.4, 0.5) is 68.2 Å². The van der Waals surface area contributed by atoms with E-state index in [2.05, 4.69) is 438 Å². The number of hydrogen-bond donors (Lipinski definition) is 0. The van der Waals surface area contributed by atoms with E-state index in [1.54, 1.807) is 28.4 Å². The van der Waals surface area contributed by atoms with Crippen LogP contribution in [-0.4, -0.2) is 37.6 Å². The van der Waals surface area contributed by atoms with Gasteiger partial charge in [0.15, 0.2) is 0 Å². The summed E-state index contributed by atoms with van der Waals surface area (Å²) in [6.07, 6.45) is 0. The van der Waals surface area contributed by atoms with E-state index >= 15 is 0 Å². The molecular formula is C118H102N6O4. The second-order valence-electron chi connectivity index (χ2n) is 38.0. The fraction of sp³-hybridized carbons (Fsp3) is 0.186. The van der Waals surface area contributed by atoms with Crippen molar-refractivity contribution in [3.8, 4) is 67.5 Å². The lowest BCUT2D eigenvalue weighted by atomic mass is 9.66. The molecule has 628 valence electrons. The molecule has 5 aliphatic rings. The van der Waals surface area contributed by atoms with Crippen LogP contribution in [0.3, 0.4) is 0 Å². The van der Waals surface area contributed by atoms with E-state index < -0.39 is 0 Å². The molecule has 10 heteroatoms. The van der Waals surface area contributed by atoms with Crippen molar-refractivity contribution in [3.63, 3.8) is 0 Å². The standard InChI is InChI=1S/C118H102N6O4/c1-71-72(2)114(124-111-61-45-79(121(75-35-51-87(127-13)52-36-75)83-41-57-95-91-25-17-21-29-103(91)117(7,8)107(95)69-83)65-99(111)100-66-80(46-62-112(100)124)122(76-37-53-88(128-14)54-38-76)84-42-58-96-92-26-18-22-30-104(92)118(9,10)108(96)70-84)113(71)123-109-59-43-77(119(73-31-47-85(125-11)48-32-73)81-39-55-93-89-23-15-19-27-101(89)115(3,4)105(93)67-81)63-97(109)98-64-78(44-60-110(98)123)120(74-33-49-86(126-12)50-34-74)82-40-56-94-90-24-16-20-28-102(90)116(5,6)106(94)68-82/h15-72,113-114H,1-14H3. The summed E-state index contributed by atoms with van der Waals surface area (Å²) >= 11 is 0. The molecule has 4 unspecified atom stereocenters. The molecule has 0 aliphatic heterocycles. The fourth-order valence-electron chi connectivity index (χ4n) is 23.2. The quantitative estimate of drug-likeness (QED) is 0.0842.